The topological polar surface area (TPSA) is 46.3 Å². The monoisotopic (exact) mass is 251 g/mol. The summed E-state index contributed by atoms with van der Waals surface area (Å²) in [7, 11) is 0. The third-order valence-corrected chi connectivity index (χ3v) is 3.00. The van der Waals surface area contributed by atoms with E-state index in [2.05, 4.69) is 29.4 Å². The SMILES string of the molecule is OCc1cc(-c2ccc(-c3ccccc3)cc2)no1. The fourth-order valence-corrected chi connectivity index (χ4v) is 1.99. The van der Waals surface area contributed by atoms with E-state index in [1.165, 1.54) is 5.56 Å². The Hall–Kier alpha value is -2.39. The van der Waals surface area contributed by atoms with Gasteiger partial charge in [-0.3, -0.25) is 0 Å². The van der Waals surface area contributed by atoms with E-state index >= 15 is 0 Å². The van der Waals surface area contributed by atoms with Crippen LogP contribution in [0.4, 0.5) is 0 Å². The first-order valence-electron chi connectivity index (χ1n) is 6.09. The molecule has 3 aromatic rings. The zero-order valence-electron chi connectivity index (χ0n) is 10.3. The highest BCUT2D eigenvalue weighted by molar-refractivity contribution is 5.68. The van der Waals surface area contributed by atoms with Gasteiger partial charge in [0.1, 0.15) is 12.3 Å². The average Bonchev–Trinajstić information content (AvgIpc) is 2.97. The van der Waals surface area contributed by atoms with Crippen molar-refractivity contribution in [2.75, 3.05) is 0 Å². The summed E-state index contributed by atoms with van der Waals surface area (Å²) in [5.41, 5.74) is 4.06. The first-order valence-corrected chi connectivity index (χ1v) is 6.09. The zero-order chi connectivity index (χ0) is 13.1. The normalized spacial score (nSPS) is 10.6. The van der Waals surface area contributed by atoms with E-state index in [0.717, 1.165) is 16.8 Å². The molecule has 0 amide bonds. The Balaban J connectivity index is 1.90. The number of benzene rings is 2. The van der Waals surface area contributed by atoms with Gasteiger partial charge in [0.05, 0.1) is 0 Å². The van der Waals surface area contributed by atoms with Crippen molar-refractivity contribution in [3.63, 3.8) is 0 Å². The van der Waals surface area contributed by atoms with Crippen LogP contribution in [0.5, 0.6) is 0 Å². The lowest BCUT2D eigenvalue weighted by molar-refractivity contribution is 0.229. The lowest BCUT2D eigenvalue weighted by Crippen LogP contribution is -1.80. The number of nitrogens with zero attached hydrogens (tertiary/aromatic N) is 1. The fraction of sp³-hybridized carbons (Fsp3) is 0.0625. The van der Waals surface area contributed by atoms with Gasteiger partial charge in [0, 0.05) is 11.6 Å². The molecule has 3 nitrogen and oxygen atoms in total. The van der Waals surface area contributed by atoms with Gasteiger partial charge in [-0.05, 0) is 11.1 Å². The highest BCUT2D eigenvalue weighted by atomic mass is 16.5. The maximum atomic E-state index is 8.96. The Morgan fingerprint density at radius 2 is 1.47 bits per heavy atom. The van der Waals surface area contributed by atoms with Crippen LogP contribution in [0.2, 0.25) is 0 Å². The summed E-state index contributed by atoms with van der Waals surface area (Å²) >= 11 is 0. The molecule has 0 aliphatic heterocycles. The summed E-state index contributed by atoms with van der Waals surface area (Å²) in [6.07, 6.45) is 0. The minimum Gasteiger partial charge on any atom is -0.388 e. The summed E-state index contributed by atoms with van der Waals surface area (Å²) in [6, 6.07) is 20.1. The van der Waals surface area contributed by atoms with Gasteiger partial charge in [-0.2, -0.15) is 0 Å². The maximum absolute atomic E-state index is 8.96. The number of rotatable bonds is 3. The summed E-state index contributed by atoms with van der Waals surface area (Å²) in [4.78, 5) is 0. The minimum absolute atomic E-state index is 0.130. The lowest BCUT2D eigenvalue weighted by atomic mass is 10.0. The Kier molecular flexibility index (Phi) is 3.12. The van der Waals surface area contributed by atoms with Crippen molar-refractivity contribution in [3.8, 4) is 22.4 Å². The van der Waals surface area contributed by atoms with Crippen molar-refractivity contribution in [2.24, 2.45) is 0 Å². The molecule has 0 atom stereocenters. The van der Waals surface area contributed by atoms with Crippen molar-refractivity contribution < 1.29 is 9.63 Å². The zero-order valence-corrected chi connectivity index (χ0v) is 10.3. The summed E-state index contributed by atoms with van der Waals surface area (Å²) in [5.74, 6) is 0.474. The van der Waals surface area contributed by atoms with Crippen LogP contribution in [-0.2, 0) is 6.61 Å². The molecule has 19 heavy (non-hydrogen) atoms. The van der Waals surface area contributed by atoms with Crippen molar-refractivity contribution >= 4 is 0 Å². The van der Waals surface area contributed by atoms with Crippen LogP contribution in [0, 0.1) is 0 Å². The largest absolute Gasteiger partial charge is 0.388 e. The summed E-state index contributed by atoms with van der Waals surface area (Å²) in [6.45, 7) is -0.130. The van der Waals surface area contributed by atoms with E-state index in [-0.39, 0.29) is 6.61 Å². The highest BCUT2D eigenvalue weighted by Gasteiger charge is 2.05. The molecule has 0 radical (unpaired) electrons. The second kappa shape index (κ2) is 5.08. The number of aliphatic hydroxyl groups excluding tert-OH is 1. The second-order valence-corrected chi connectivity index (χ2v) is 4.28. The van der Waals surface area contributed by atoms with Gasteiger partial charge in [-0.25, -0.2) is 0 Å². The predicted octanol–water partition coefficient (Wildman–Crippen LogP) is 3.50. The first-order chi connectivity index (χ1) is 9.36. The smallest absolute Gasteiger partial charge is 0.162 e. The lowest BCUT2D eigenvalue weighted by Gasteiger charge is -2.02. The molecule has 0 unspecified atom stereocenters. The molecule has 1 aromatic heterocycles. The number of aliphatic hydroxyl groups is 1. The van der Waals surface area contributed by atoms with Crippen LogP contribution in [0.3, 0.4) is 0 Å². The van der Waals surface area contributed by atoms with Crippen molar-refractivity contribution in [1.29, 1.82) is 0 Å². The Bertz CT molecular complexity index is 657. The number of hydrogen-bond donors (Lipinski definition) is 1. The molecule has 94 valence electrons. The van der Waals surface area contributed by atoms with Gasteiger partial charge in [0.15, 0.2) is 5.76 Å². The van der Waals surface area contributed by atoms with Gasteiger partial charge in [-0.1, -0.05) is 59.8 Å². The maximum Gasteiger partial charge on any atom is 0.162 e. The Morgan fingerprint density at radius 1 is 0.842 bits per heavy atom. The first kappa shape index (κ1) is 11.7. The van der Waals surface area contributed by atoms with Crippen molar-refractivity contribution in [1.82, 2.24) is 5.16 Å². The molecular formula is C16H13NO2. The molecule has 2 aromatic carbocycles. The second-order valence-electron chi connectivity index (χ2n) is 4.28. The van der Waals surface area contributed by atoms with Crippen LogP contribution >= 0.6 is 0 Å². The molecular weight excluding hydrogens is 238 g/mol. The van der Waals surface area contributed by atoms with Crippen LogP contribution in [0.25, 0.3) is 22.4 Å². The van der Waals surface area contributed by atoms with Crippen molar-refractivity contribution in [3.05, 3.63) is 66.4 Å². The van der Waals surface area contributed by atoms with Crippen molar-refractivity contribution in [2.45, 2.75) is 6.61 Å². The Labute approximate surface area is 111 Å². The molecule has 0 saturated carbocycles. The van der Waals surface area contributed by atoms with Gasteiger partial charge in [0.25, 0.3) is 0 Å². The van der Waals surface area contributed by atoms with Gasteiger partial charge >= 0.3 is 0 Å². The third kappa shape index (κ3) is 2.41. The third-order valence-electron chi connectivity index (χ3n) is 3.00. The minimum atomic E-state index is -0.130. The quantitative estimate of drug-likeness (QED) is 0.775. The van der Waals surface area contributed by atoms with Crippen LogP contribution in [0.15, 0.2) is 65.2 Å². The van der Waals surface area contributed by atoms with E-state index in [1.807, 2.05) is 30.3 Å². The molecule has 0 aliphatic rings. The number of hydrogen-bond acceptors (Lipinski definition) is 3. The molecule has 3 rings (SSSR count). The molecule has 0 aliphatic carbocycles. The molecule has 0 saturated heterocycles. The Morgan fingerprint density at radius 3 is 2.11 bits per heavy atom. The standard InChI is InChI=1S/C16H13NO2/c18-11-15-10-16(17-19-15)14-8-6-13(7-9-14)12-4-2-1-3-5-12/h1-10,18H,11H2. The summed E-state index contributed by atoms with van der Waals surface area (Å²) < 4.78 is 4.98. The van der Waals surface area contributed by atoms with Gasteiger partial charge in [-0.15, -0.1) is 0 Å². The summed E-state index contributed by atoms with van der Waals surface area (Å²) in [5, 5.41) is 12.9. The fourth-order valence-electron chi connectivity index (χ4n) is 1.99. The van der Waals surface area contributed by atoms with Gasteiger partial charge in [0.2, 0.25) is 0 Å². The van der Waals surface area contributed by atoms with Gasteiger partial charge < -0.3 is 9.63 Å². The van der Waals surface area contributed by atoms with Crippen LogP contribution < -0.4 is 0 Å². The average molecular weight is 251 g/mol. The molecule has 0 bridgehead atoms. The van der Waals surface area contributed by atoms with E-state index in [4.69, 9.17) is 9.63 Å². The molecule has 1 heterocycles. The van der Waals surface area contributed by atoms with Crippen LogP contribution in [-0.4, -0.2) is 10.3 Å². The van der Waals surface area contributed by atoms with E-state index in [1.54, 1.807) is 6.07 Å². The molecule has 0 fully saturated rings. The highest BCUT2D eigenvalue weighted by Crippen LogP contribution is 2.24. The molecule has 3 heteroatoms. The van der Waals surface area contributed by atoms with E-state index in [9.17, 15) is 0 Å². The van der Waals surface area contributed by atoms with E-state index in [0.29, 0.717) is 5.76 Å². The molecule has 0 spiro atoms. The number of aromatic nitrogens is 1. The van der Waals surface area contributed by atoms with Crippen LogP contribution in [0.1, 0.15) is 5.76 Å². The van der Waals surface area contributed by atoms with E-state index < -0.39 is 0 Å². The predicted molar refractivity (Wildman–Crippen MR) is 73.3 cm³/mol. The molecule has 1 N–H and O–H groups in total.